The molecule has 9 nitrogen and oxygen atoms in total. The Kier molecular flexibility index (Phi) is 4.83. The van der Waals surface area contributed by atoms with Crippen LogP contribution in [0.15, 0.2) is 36.7 Å². The van der Waals surface area contributed by atoms with Crippen LogP contribution in [0.2, 0.25) is 0 Å². The molecular weight excluding hydrogens is 379 g/mol. The first-order valence-electron chi connectivity index (χ1n) is 9.29. The van der Waals surface area contributed by atoms with E-state index in [0.717, 1.165) is 0 Å². The number of nitrogens with zero attached hydrogens (tertiary/aromatic N) is 6. The van der Waals surface area contributed by atoms with Crippen LogP contribution in [-0.2, 0) is 6.42 Å². The maximum atomic E-state index is 13.7. The number of rotatable bonds is 4. The largest absolute Gasteiger partial charge is 0.353 e. The Morgan fingerprint density at radius 1 is 1.21 bits per heavy atom. The fourth-order valence-electron chi connectivity index (χ4n) is 3.50. The highest BCUT2D eigenvalue weighted by Gasteiger charge is 2.27. The summed E-state index contributed by atoms with van der Waals surface area (Å²) < 4.78 is 15.2. The normalized spacial score (nSPS) is 14.4. The van der Waals surface area contributed by atoms with E-state index in [1.807, 2.05) is 11.8 Å². The number of fused-ring (bicyclic) bond motifs is 1. The van der Waals surface area contributed by atoms with Gasteiger partial charge in [-0.2, -0.15) is 0 Å². The maximum absolute atomic E-state index is 13.7. The van der Waals surface area contributed by atoms with Crippen molar-refractivity contribution in [2.45, 2.75) is 13.3 Å². The SMILES string of the molecule is CCc1nc2ccc(F)cn2c1C(=O)N1CCN(c2ccc([N+](=O)[O-])cn2)CC1. The average Bonchev–Trinajstić information content (AvgIpc) is 3.11. The molecule has 1 saturated heterocycles. The molecule has 0 aromatic carbocycles. The molecular formula is C19H19FN6O3. The van der Waals surface area contributed by atoms with Gasteiger partial charge in [-0.15, -0.1) is 0 Å². The molecule has 0 bridgehead atoms. The van der Waals surface area contributed by atoms with Crippen LogP contribution in [0.4, 0.5) is 15.9 Å². The van der Waals surface area contributed by atoms with E-state index in [4.69, 9.17) is 0 Å². The lowest BCUT2D eigenvalue weighted by atomic mass is 10.2. The lowest BCUT2D eigenvalue weighted by molar-refractivity contribution is -0.385. The number of hydrogen-bond donors (Lipinski definition) is 0. The number of piperazine rings is 1. The fourth-order valence-corrected chi connectivity index (χ4v) is 3.50. The van der Waals surface area contributed by atoms with Crippen molar-refractivity contribution in [3.8, 4) is 0 Å². The van der Waals surface area contributed by atoms with Crippen molar-refractivity contribution in [2.75, 3.05) is 31.1 Å². The molecule has 4 heterocycles. The molecule has 3 aromatic heterocycles. The number of carbonyl (C=O) groups excluding carboxylic acids is 1. The molecule has 0 aliphatic carbocycles. The fraction of sp³-hybridized carbons (Fsp3) is 0.316. The highest BCUT2D eigenvalue weighted by Crippen LogP contribution is 2.20. The number of aryl methyl sites for hydroxylation is 1. The summed E-state index contributed by atoms with van der Waals surface area (Å²) in [6, 6.07) is 5.91. The Bertz CT molecular complexity index is 1070. The number of anilines is 1. The maximum Gasteiger partial charge on any atom is 0.287 e. The highest BCUT2D eigenvalue weighted by molar-refractivity contribution is 5.95. The molecule has 0 spiro atoms. The summed E-state index contributed by atoms with van der Waals surface area (Å²) in [5, 5.41) is 10.8. The summed E-state index contributed by atoms with van der Waals surface area (Å²) in [6.07, 6.45) is 3.08. The van der Waals surface area contributed by atoms with Crippen LogP contribution in [0.3, 0.4) is 0 Å². The van der Waals surface area contributed by atoms with E-state index in [0.29, 0.717) is 55.5 Å². The van der Waals surface area contributed by atoms with Crippen molar-refractivity contribution in [2.24, 2.45) is 0 Å². The molecule has 0 saturated carbocycles. The molecule has 150 valence electrons. The monoisotopic (exact) mass is 398 g/mol. The lowest BCUT2D eigenvalue weighted by Gasteiger charge is -2.35. The summed E-state index contributed by atoms with van der Waals surface area (Å²) in [5.41, 5.74) is 1.51. The van der Waals surface area contributed by atoms with Gasteiger partial charge in [0.2, 0.25) is 0 Å². The Morgan fingerprint density at radius 2 is 1.97 bits per heavy atom. The van der Waals surface area contributed by atoms with Gasteiger partial charge in [-0.1, -0.05) is 6.92 Å². The quantitative estimate of drug-likeness (QED) is 0.494. The zero-order valence-electron chi connectivity index (χ0n) is 15.8. The van der Waals surface area contributed by atoms with Gasteiger partial charge in [-0.25, -0.2) is 14.4 Å². The second-order valence-corrected chi connectivity index (χ2v) is 6.75. The standard InChI is InChI=1S/C19H19FN6O3/c1-2-15-18(25-12-13(20)3-5-17(25)22-15)19(27)24-9-7-23(8-10-24)16-6-4-14(11-21-16)26(28)29/h3-6,11-12H,2,7-10H2,1H3. The van der Waals surface area contributed by atoms with Crippen LogP contribution in [0.25, 0.3) is 5.65 Å². The molecule has 3 aromatic rings. The molecule has 0 radical (unpaired) electrons. The van der Waals surface area contributed by atoms with E-state index >= 15 is 0 Å². The van der Waals surface area contributed by atoms with E-state index in [9.17, 15) is 19.3 Å². The summed E-state index contributed by atoms with van der Waals surface area (Å²) >= 11 is 0. The van der Waals surface area contributed by atoms with Crippen LogP contribution >= 0.6 is 0 Å². The van der Waals surface area contributed by atoms with Gasteiger partial charge in [0, 0.05) is 38.4 Å². The molecule has 1 aliphatic heterocycles. The number of halogens is 1. The summed E-state index contributed by atoms with van der Waals surface area (Å²) in [4.78, 5) is 35.7. The topological polar surface area (TPSA) is 96.9 Å². The van der Waals surface area contributed by atoms with Crippen LogP contribution in [0, 0.1) is 15.9 Å². The first-order chi connectivity index (χ1) is 14.0. The molecule has 1 amide bonds. The molecule has 0 N–H and O–H groups in total. The van der Waals surface area contributed by atoms with E-state index in [-0.39, 0.29) is 11.6 Å². The Balaban J connectivity index is 1.51. The minimum Gasteiger partial charge on any atom is -0.353 e. The summed E-state index contributed by atoms with van der Waals surface area (Å²) in [6.45, 7) is 3.92. The van der Waals surface area contributed by atoms with Gasteiger partial charge in [0.1, 0.15) is 29.2 Å². The predicted octanol–water partition coefficient (Wildman–Crippen LogP) is 2.30. The van der Waals surface area contributed by atoms with Gasteiger partial charge in [-0.3, -0.25) is 19.3 Å². The second kappa shape index (κ2) is 7.46. The van der Waals surface area contributed by atoms with Crippen molar-refractivity contribution in [1.29, 1.82) is 0 Å². The van der Waals surface area contributed by atoms with Gasteiger partial charge in [-0.05, 0) is 24.6 Å². The Hall–Kier alpha value is -3.56. The molecule has 1 fully saturated rings. The first-order valence-corrected chi connectivity index (χ1v) is 9.29. The minimum atomic E-state index is -0.489. The molecule has 10 heteroatoms. The number of carbonyl (C=O) groups is 1. The van der Waals surface area contributed by atoms with Crippen molar-refractivity contribution >= 4 is 23.1 Å². The molecule has 1 aliphatic rings. The van der Waals surface area contributed by atoms with Gasteiger partial charge in [0.15, 0.2) is 0 Å². The van der Waals surface area contributed by atoms with Gasteiger partial charge >= 0.3 is 0 Å². The van der Waals surface area contributed by atoms with E-state index in [1.54, 1.807) is 17.0 Å². The van der Waals surface area contributed by atoms with Gasteiger partial charge < -0.3 is 9.80 Å². The molecule has 29 heavy (non-hydrogen) atoms. The molecule has 4 rings (SSSR count). The third kappa shape index (κ3) is 3.48. The third-order valence-corrected chi connectivity index (χ3v) is 5.03. The smallest absolute Gasteiger partial charge is 0.287 e. The summed E-state index contributed by atoms with van der Waals surface area (Å²) in [7, 11) is 0. The minimum absolute atomic E-state index is 0.0606. The zero-order chi connectivity index (χ0) is 20.5. The first kappa shape index (κ1) is 18.8. The van der Waals surface area contributed by atoms with Crippen LogP contribution in [-0.4, -0.2) is 56.3 Å². The van der Waals surface area contributed by atoms with Crippen LogP contribution in [0.1, 0.15) is 23.1 Å². The molecule has 0 unspecified atom stereocenters. The van der Waals surface area contributed by atoms with Gasteiger partial charge in [0.25, 0.3) is 11.6 Å². The average molecular weight is 398 g/mol. The van der Waals surface area contributed by atoms with Crippen molar-refractivity contribution < 1.29 is 14.1 Å². The number of hydrogen-bond acceptors (Lipinski definition) is 6. The van der Waals surface area contributed by atoms with E-state index in [1.165, 1.54) is 28.9 Å². The van der Waals surface area contributed by atoms with E-state index < -0.39 is 10.7 Å². The lowest BCUT2D eigenvalue weighted by Crippen LogP contribution is -2.49. The second-order valence-electron chi connectivity index (χ2n) is 6.75. The van der Waals surface area contributed by atoms with Crippen LogP contribution in [0.5, 0.6) is 0 Å². The zero-order valence-corrected chi connectivity index (χ0v) is 15.8. The summed E-state index contributed by atoms with van der Waals surface area (Å²) in [5.74, 6) is 0.0192. The highest BCUT2D eigenvalue weighted by atomic mass is 19.1. The third-order valence-electron chi connectivity index (χ3n) is 5.03. The Morgan fingerprint density at radius 3 is 2.59 bits per heavy atom. The van der Waals surface area contributed by atoms with Crippen molar-refractivity contribution in [1.82, 2.24) is 19.3 Å². The molecule has 0 atom stereocenters. The van der Waals surface area contributed by atoms with Crippen molar-refractivity contribution in [3.63, 3.8) is 0 Å². The van der Waals surface area contributed by atoms with Crippen LogP contribution < -0.4 is 4.90 Å². The number of amides is 1. The van der Waals surface area contributed by atoms with Gasteiger partial charge in [0.05, 0.1) is 10.6 Å². The Labute approximate surface area is 165 Å². The van der Waals surface area contributed by atoms with Crippen molar-refractivity contribution in [3.05, 3.63) is 64.0 Å². The predicted molar refractivity (Wildman–Crippen MR) is 104 cm³/mol. The number of imidazole rings is 1. The number of nitro groups is 1. The number of aromatic nitrogens is 3. The number of pyridine rings is 2. The van der Waals surface area contributed by atoms with E-state index in [2.05, 4.69) is 9.97 Å².